The van der Waals surface area contributed by atoms with Crippen molar-refractivity contribution in [2.75, 3.05) is 41.5 Å². The van der Waals surface area contributed by atoms with Crippen LogP contribution in [0.4, 0.5) is 0 Å². The van der Waals surface area contributed by atoms with Crippen molar-refractivity contribution in [3.05, 3.63) is 0 Å². The number of amides is 2. The molecule has 5 N–H and O–H groups in total. The number of aliphatic hydroxyl groups excluding tert-OH is 2. The number of likely N-dealkylation sites (N-methyl/N-ethyl adjacent to an activating group) is 1. The molecule has 0 unspecified atom stereocenters. The number of hydrogen-bond donors (Lipinski definition) is 5. The Kier molecular flexibility index (Phi) is 19.2. The number of aliphatic hydroxyl groups is 3. The lowest BCUT2D eigenvalue weighted by atomic mass is 9.77. The number of rotatable bonds is 13. The first kappa shape index (κ1) is 52.3. The number of nitrogens with one attached hydrogen (secondary N) is 2. The molecule has 350 valence electrons. The molecule has 0 aromatic heterocycles. The maximum absolute atomic E-state index is 14.6. The van der Waals surface area contributed by atoms with Gasteiger partial charge in [0.05, 0.1) is 47.6 Å². The van der Waals surface area contributed by atoms with E-state index in [1.807, 2.05) is 39.8 Å². The largest absolute Gasteiger partial charge is 0.459 e. The van der Waals surface area contributed by atoms with Gasteiger partial charge in [0.15, 0.2) is 12.6 Å². The van der Waals surface area contributed by atoms with Crippen LogP contribution in [0.1, 0.15) is 108 Å². The summed E-state index contributed by atoms with van der Waals surface area (Å²) in [6, 6.07) is -1.07. The summed E-state index contributed by atoms with van der Waals surface area (Å²) < 4.78 is 50.8. The third kappa shape index (κ3) is 12.6. The van der Waals surface area contributed by atoms with Crippen LogP contribution in [0.2, 0.25) is 0 Å². The van der Waals surface area contributed by atoms with Crippen molar-refractivity contribution in [1.29, 1.82) is 0 Å². The average molecular weight is 862 g/mol. The molecule has 2 amide bonds. The van der Waals surface area contributed by atoms with Crippen molar-refractivity contribution in [3.63, 3.8) is 0 Å². The lowest BCUT2D eigenvalue weighted by Gasteiger charge is -2.49. The number of hydrogen-bond acceptors (Lipinski definition) is 15. The Morgan fingerprint density at radius 1 is 0.950 bits per heavy atom. The highest BCUT2D eigenvalue weighted by atomic mass is 16.7. The van der Waals surface area contributed by atoms with Crippen LogP contribution in [0.3, 0.4) is 0 Å². The predicted molar refractivity (Wildman–Crippen MR) is 222 cm³/mol. The summed E-state index contributed by atoms with van der Waals surface area (Å²) in [5.41, 5.74) is -4.13. The van der Waals surface area contributed by atoms with E-state index in [-0.39, 0.29) is 49.8 Å². The number of carbonyl (C=O) groups excluding carboxylic acids is 3. The lowest BCUT2D eigenvalue weighted by Crippen LogP contribution is -2.61. The van der Waals surface area contributed by atoms with Gasteiger partial charge in [-0.05, 0) is 88.2 Å². The third-order valence-electron chi connectivity index (χ3n) is 13.1. The number of methoxy groups -OCH3 is 2. The van der Waals surface area contributed by atoms with E-state index in [2.05, 4.69) is 10.6 Å². The molecule has 0 aromatic rings. The molecule has 0 bridgehead atoms. The Morgan fingerprint density at radius 3 is 2.15 bits per heavy atom. The van der Waals surface area contributed by atoms with Crippen LogP contribution in [0.5, 0.6) is 0 Å². The Morgan fingerprint density at radius 2 is 1.58 bits per heavy atom. The number of carbonyl (C=O) groups is 3. The van der Waals surface area contributed by atoms with Gasteiger partial charge in [0.1, 0.15) is 30.0 Å². The second-order valence-corrected chi connectivity index (χ2v) is 18.4. The highest BCUT2D eigenvalue weighted by Gasteiger charge is 2.53. The molecule has 0 aliphatic carbocycles. The van der Waals surface area contributed by atoms with Gasteiger partial charge in [0.25, 0.3) is 0 Å². The molecule has 3 aliphatic heterocycles. The van der Waals surface area contributed by atoms with Gasteiger partial charge in [-0.25, -0.2) is 0 Å². The van der Waals surface area contributed by atoms with Gasteiger partial charge < -0.3 is 68.7 Å². The molecule has 0 aromatic carbocycles. The molecule has 17 nitrogen and oxygen atoms in total. The first-order chi connectivity index (χ1) is 27.9. The number of cyclic esters (lactones) is 1. The van der Waals surface area contributed by atoms with E-state index < -0.39 is 102 Å². The van der Waals surface area contributed by atoms with Gasteiger partial charge in [-0.3, -0.25) is 14.4 Å². The third-order valence-corrected chi connectivity index (χ3v) is 13.1. The van der Waals surface area contributed by atoms with Gasteiger partial charge in [-0.1, -0.05) is 20.8 Å². The molecule has 0 saturated carbocycles. The van der Waals surface area contributed by atoms with Crippen LogP contribution in [-0.2, 0) is 52.3 Å². The summed E-state index contributed by atoms with van der Waals surface area (Å²) >= 11 is 0. The first-order valence-electron chi connectivity index (χ1n) is 21.7. The monoisotopic (exact) mass is 862 g/mol. The molecule has 0 radical (unpaired) electrons. The zero-order valence-electron chi connectivity index (χ0n) is 38.9. The molecule has 17 heteroatoms. The average Bonchev–Trinajstić information content (AvgIpc) is 3.17. The van der Waals surface area contributed by atoms with Crippen molar-refractivity contribution in [2.24, 2.45) is 17.8 Å². The zero-order valence-corrected chi connectivity index (χ0v) is 38.9. The van der Waals surface area contributed by atoms with E-state index in [0.717, 1.165) is 0 Å². The second kappa shape index (κ2) is 22.0. The van der Waals surface area contributed by atoms with Gasteiger partial charge in [0, 0.05) is 58.6 Å². The minimum Gasteiger partial charge on any atom is -0.459 e. The van der Waals surface area contributed by atoms with Crippen LogP contribution >= 0.6 is 0 Å². The molecule has 3 rings (SSSR count). The van der Waals surface area contributed by atoms with Crippen LogP contribution in [0.25, 0.3) is 0 Å². The van der Waals surface area contributed by atoms with Crippen LogP contribution in [-0.4, -0.2) is 170 Å². The van der Waals surface area contributed by atoms with Gasteiger partial charge in [-0.15, -0.1) is 0 Å². The summed E-state index contributed by atoms with van der Waals surface area (Å²) in [6.45, 7) is 19.4. The highest BCUT2D eigenvalue weighted by molar-refractivity contribution is 5.78. The minimum atomic E-state index is -1.81. The number of ether oxygens (including phenoxy) is 8. The van der Waals surface area contributed by atoms with E-state index >= 15 is 0 Å². The van der Waals surface area contributed by atoms with Gasteiger partial charge in [-0.2, -0.15) is 0 Å². The van der Waals surface area contributed by atoms with E-state index in [9.17, 15) is 29.7 Å². The molecular weight excluding hydrogens is 782 g/mol. The molecule has 0 spiro atoms. The zero-order chi connectivity index (χ0) is 45.5. The fraction of sp³-hybridized carbons (Fsp3) is 0.930. The first-order valence-corrected chi connectivity index (χ1v) is 21.7. The predicted octanol–water partition coefficient (Wildman–Crippen LogP) is 2.29. The molecule has 60 heavy (non-hydrogen) atoms. The Bertz CT molecular complexity index is 1390. The van der Waals surface area contributed by atoms with Crippen molar-refractivity contribution in [2.45, 2.75) is 199 Å². The summed E-state index contributed by atoms with van der Waals surface area (Å²) in [5, 5.41) is 40.8. The quantitative estimate of drug-likeness (QED) is 0.133. The fourth-order valence-corrected chi connectivity index (χ4v) is 9.27. The Labute approximate surface area is 358 Å². The second-order valence-electron chi connectivity index (χ2n) is 18.4. The molecule has 3 fully saturated rings. The van der Waals surface area contributed by atoms with Crippen molar-refractivity contribution < 1.29 is 67.6 Å². The van der Waals surface area contributed by atoms with Crippen LogP contribution in [0.15, 0.2) is 0 Å². The summed E-state index contributed by atoms with van der Waals surface area (Å²) in [4.78, 5) is 42.2. The summed E-state index contributed by atoms with van der Waals surface area (Å²) in [7, 11) is 6.79. The van der Waals surface area contributed by atoms with E-state index in [1.165, 1.54) is 28.1 Å². The molecule has 3 saturated heterocycles. The van der Waals surface area contributed by atoms with Crippen LogP contribution < -0.4 is 10.6 Å². The maximum Gasteiger partial charge on any atom is 0.311 e. The fourth-order valence-electron chi connectivity index (χ4n) is 9.27. The molecule has 3 aliphatic rings. The van der Waals surface area contributed by atoms with E-state index in [1.54, 1.807) is 41.5 Å². The number of esters is 1. The Hall–Kier alpha value is -2.03. The number of nitrogens with zero attached hydrogens (tertiary/aromatic N) is 1. The van der Waals surface area contributed by atoms with Crippen LogP contribution in [0, 0.1) is 17.8 Å². The maximum atomic E-state index is 14.6. The summed E-state index contributed by atoms with van der Waals surface area (Å²) in [6.07, 6.45) is -7.88. The standard InChI is InChI=1S/C43H79N3O14/c1-16-31-43(11,52)37(55-19-17-18-44-29(8)47)27(6)45-38(50)23(2)21-42(10,54-15)36(60-40-33(48)30(46(12)13)20-24(3)56-40)25(4)34(26(5)39(51)58-31)59-32-22-41(9,53-14)35(49)28(7)57-32/h23-28,30-37,40,48-49,52H,16-22H2,1-15H3,(H,44,47)(H,45,50)/t23-,24-,25+,26-,27-,28+,30+,31-,32+,33-,34+,35+,36-,37-,40+,41-,42-,43-/m1/s1. The summed E-state index contributed by atoms with van der Waals surface area (Å²) in [5.74, 6) is -3.69. The topological polar surface area (TPSA) is 213 Å². The molecule has 18 atom stereocenters. The molecular formula is C43H79N3O14. The van der Waals surface area contributed by atoms with Crippen molar-refractivity contribution >= 4 is 17.8 Å². The van der Waals surface area contributed by atoms with Gasteiger partial charge in [0.2, 0.25) is 11.8 Å². The highest BCUT2D eigenvalue weighted by Crippen LogP contribution is 2.41. The Balaban J connectivity index is 2.21. The lowest BCUT2D eigenvalue weighted by molar-refractivity contribution is -0.319. The smallest absolute Gasteiger partial charge is 0.311 e. The normalized spacial score (nSPS) is 44.0. The van der Waals surface area contributed by atoms with Crippen molar-refractivity contribution in [3.8, 4) is 0 Å². The van der Waals surface area contributed by atoms with Gasteiger partial charge >= 0.3 is 5.97 Å². The molecule has 3 heterocycles. The van der Waals surface area contributed by atoms with E-state index in [0.29, 0.717) is 19.4 Å². The van der Waals surface area contributed by atoms with E-state index in [4.69, 9.17) is 37.9 Å². The minimum absolute atomic E-state index is 0.110. The van der Waals surface area contributed by atoms with Crippen molar-refractivity contribution in [1.82, 2.24) is 15.5 Å². The SMILES string of the molecule is CC[C@H]1OC(=O)[C@H](C)[C@@H](O[C@H]2C[C@@](C)(OC)[C@@H](O)[C@H](C)O2)[C@H](C)[C@@H](O[C@@H]2O[C@H](C)C[C@H](N(C)C)[C@H]2O)[C@](C)(OC)C[C@@H](C)C(=O)N[C@H](C)[C@@H](OCCCNC(C)=O)[C@]1(C)O.